The van der Waals surface area contributed by atoms with E-state index >= 15 is 0 Å². The number of nitrogens with zero attached hydrogens (tertiary/aromatic N) is 3. The lowest BCUT2D eigenvalue weighted by Gasteiger charge is -2.10. The molecular formula is C36H21N3S. The van der Waals surface area contributed by atoms with Crippen LogP contribution in [-0.2, 0) is 0 Å². The number of para-hydroxylation sites is 1. The van der Waals surface area contributed by atoms with Crippen LogP contribution in [0.15, 0.2) is 128 Å². The summed E-state index contributed by atoms with van der Waals surface area (Å²) >= 11 is 1.86. The standard InChI is InChI=1S/C36H21N3S/c1-2-10-22(11-3-1)23-18-19-24-21-37-36(38-29(24)20-23)39-30-16-8-6-14-27(30)32-25-12-4-5-13-26(25)33-28-15-7-9-17-31(28)40-35(33)34(32)39/h1-21H. The molecule has 0 unspecified atom stereocenters. The highest BCUT2D eigenvalue weighted by molar-refractivity contribution is 7.27. The SMILES string of the molecule is c1ccc(-c2ccc3cnc(-n4c5ccccc5c5c6ccccc6c6c7ccccc7sc6c54)nc3c2)cc1. The van der Waals surface area contributed by atoms with Crippen molar-refractivity contribution in [1.82, 2.24) is 14.5 Å². The molecule has 3 heterocycles. The van der Waals surface area contributed by atoms with E-state index in [1.165, 1.54) is 52.8 Å². The van der Waals surface area contributed by atoms with Gasteiger partial charge in [0.15, 0.2) is 0 Å². The van der Waals surface area contributed by atoms with E-state index in [0.717, 1.165) is 22.0 Å². The van der Waals surface area contributed by atoms with Gasteiger partial charge in [0.25, 0.3) is 0 Å². The second kappa shape index (κ2) is 8.22. The molecule has 0 aliphatic heterocycles. The van der Waals surface area contributed by atoms with Gasteiger partial charge in [-0.15, -0.1) is 11.3 Å². The van der Waals surface area contributed by atoms with Crippen molar-refractivity contribution >= 4 is 75.0 Å². The Bertz CT molecular complexity index is 2430. The molecule has 3 aromatic heterocycles. The van der Waals surface area contributed by atoms with Gasteiger partial charge < -0.3 is 0 Å². The Morgan fingerprint density at radius 3 is 2.12 bits per heavy atom. The number of fused-ring (bicyclic) bond motifs is 11. The number of hydrogen-bond acceptors (Lipinski definition) is 3. The summed E-state index contributed by atoms with van der Waals surface area (Å²) in [6.07, 6.45) is 1.95. The number of aromatic nitrogens is 3. The lowest BCUT2D eigenvalue weighted by atomic mass is 9.99. The lowest BCUT2D eigenvalue weighted by Crippen LogP contribution is -2.01. The lowest BCUT2D eigenvalue weighted by molar-refractivity contribution is 1.01. The highest BCUT2D eigenvalue weighted by Crippen LogP contribution is 2.47. The number of hydrogen-bond donors (Lipinski definition) is 0. The summed E-state index contributed by atoms with van der Waals surface area (Å²) in [6.45, 7) is 0. The summed E-state index contributed by atoms with van der Waals surface area (Å²) in [5, 5.41) is 8.65. The van der Waals surface area contributed by atoms with Gasteiger partial charge in [0, 0.05) is 37.8 Å². The molecule has 0 aliphatic carbocycles. The van der Waals surface area contributed by atoms with Gasteiger partial charge >= 0.3 is 0 Å². The first-order chi connectivity index (χ1) is 19.8. The van der Waals surface area contributed by atoms with Gasteiger partial charge in [0.05, 0.1) is 21.3 Å². The first-order valence-corrected chi connectivity index (χ1v) is 14.2. The van der Waals surface area contributed by atoms with Crippen LogP contribution in [0.1, 0.15) is 0 Å². The molecular weight excluding hydrogens is 506 g/mol. The van der Waals surface area contributed by atoms with Crippen molar-refractivity contribution in [2.24, 2.45) is 0 Å². The second-order valence-electron chi connectivity index (χ2n) is 10.2. The molecule has 0 fully saturated rings. The number of thiophene rings is 1. The third-order valence-corrected chi connectivity index (χ3v) is 9.21. The van der Waals surface area contributed by atoms with E-state index in [-0.39, 0.29) is 0 Å². The molecule has 0 bridgehead atoms. The van der Waals surface area contributed by atoms with E-state index in [9.17, 15) is 0 Å². The largest absolute Gasteiger partial charge is 0.276 e. The van der Waals surface area contributed by atoms with Gasteiger partial charge in [-0.3, -0.25) is 4.57 Å². The van der Waals surface area contributed by atoms with Crippen LogP contribution < -0.4 is 0 Å². The minimum absolute atomic E-state index is 0.693. The van der Waals surface area contributed by atoms with Gasteiger partial charge in [-0.05, 0) is 40.1 Å². The van der Waals surface area contributed by atoms with Gasteiger partial charge in [-0.2, -0.15) is 0 Å². The molecule has 4 heteroatoms. The molecule has 0 amide bonds. The Kier molecular flexibility index (Phi) is 4.48. The molecule has 186 valence electrons. The maximum absolute atomic E-state index is 5.20. The van der Waals surface area contributed by atoms with E-state index in [4.69, 9.17) is 9.97 Å². The monoisotopic (exact) mass is 527 g/mol. The molecule has 6 aromatic carbocycles. The molecule has 40 heavy (non-hydrogen) atoms. The summed E-state index contributed by atoms with van der Waals surface area (Å²) in [6, 6.07) is 43.1. The van der Waals surface area contributed by atoms with Crippen molar-refractivity contribution in [2.75, 3.05) is 0 Å². The van der Waals surface area contributed by atoms with Crippen LogP contribution in [0, 0.1) is 0 Å². The van der Waals surface area contributed by atoms with E-state index in [2.05, 4.69) is 120 Å². The molecule has 0 atom stereocenters. The fourth-order valence-electron chi connectivity index (χ4n) is 6.27. The first kappa shape index (κ1) is 21.8. The average Bonchev–Trinajstić information content (AvgIpc) is 3.58. The van der Waals surface area contributed by atoms with Crippen LogP contribution >= 0.6 is 11.3 Å². The third kappa shape index (κ3) is 2.99. The first-order valence-electron chi connectivity index (χ1n) is 13.4. The Hall–Kier alpha value is -5.06. The van der Waals surface area contributed by atoms with Crippen LogP contribution in [0.25, 0.3) is 80.7 Å². The van der Waals surface area contributed by atoms with Crippen LogP contribution in [0.3, 0.4) is 0 Å². The van der Waals surface area contributed by atoms with Gasteiger partial charge in [-0.1, -0.05) is 103 Å². The summed E-state index contributed by atoms with van der Waals surface area (Å²) in [7, 11) is 0. The molecule has 0 radical (unpaired) electrons. The Morgan fingerprint density at radius 2 is 1.27 bits per heavy atom. The van der Waals surface area contributed by atoms with Crippen LogP contribution in [-0.4, -0.2) is 14.5 Å². The maximum atomic E-state index is 5.20. The molecule has 9 aromatic rings. The molecule has 9 rings (SSSR count). The third-order valence-electron chi connectivity index (χ3n) is 8.03. The predicted octanol–water partition coefficient (Wildman–Crippen LogP) is 9.91. The summed E-state index contributed by atoms with van der Waals surface area (Å²) in [5.41, 5.74) is 5.56. The van der Waals surface area contributed by atoms with E-state index < -0.39 is 0 Å². The Balaban J connectivity index is 1.45. The predicted molar refractivity (Wildman–Crippen MR) is 170 cm³/mol. The van der Waals surface area contributed by atoms with Crippen molar-refractivity contribution in [3.63, 3.8) is 0 Å². The zero-order valence-electron chi connectivity index (χ0n) is 21.4. The van der Waals surface area contributed by atoms with E-state index in [0.29, 0.717) is 5.95 Å². The van der Waals surface area contributed by atoms with Crippen molar-refractivity contribution in [3.05, 3.63) is 128 Å². The van der Waals surface area contributed by atoms with Crippen LogP contribution in [0.4, 0.5) is 0 Å². The second-order valence-corrected chi connectivity index (χ2v) is 11.3. The minimum Gasteiger partial charge on any atom is -0.276 e. The highest BCUT2D eigenvalue weighted by atomic mass is 32.1. The summed E-state index contributed by atoms with van der Waals surface area (Å²) < 4.78 is 4.84. The summed E-state index contributed by atoms with van der Waals surface area (Å²) in [5.74, 6) is 0.693. The maximum Gasteiger partial charge on any atom is 0.235 e. The van der Waals surface area contributed by atoms with Gasteiger partial charge in [0.2, 0.25) is 5.95 Å². The highest BCUT2D eigenvalue weighted by Gasteiger charge is 2.22. The molecule has 3 nitrogen and oxygen atoms in total. The Labute approximate surface area is 233 Å². The molecule has 0 saturated carbocycles. The zero-order chi connectivity index (χ0) is 26.2. The number of benzene rings is 6. The van der Waals surface area contributed by atoms with E-state index in [1.807, 2.05) is 23.6 Å². The van der Waals surface area contributed by atoms with Crippen molar-refractivity contribution in [2.45, 2.75) is 0 Å². The zero-order valence-corrected chi connectivity index (χ0v) is 22.2. The Morgan fingerprint density at radius 1 is 0.575 bits per heavy atom. The summed E-state index contributed by atoms with van der Waals surface area (Å²) in [4.78, 5) is 10.2. The number of rotatable bonds is 2. The molecule has 0 spiro atoms. The van der Waals surface area contributed by atoms with Gasteiger partial charge in [-0.25, -0.2) is 9.97 Å². The van der Waals surface area contributed by atoms with Crippen molar-refractivity contribution in [1.29, 1.82) is 0 Å². The normalized spacial score (nSPS) is 12.0. The fourth-order valence-corrected chi connectivity index (χ4v) is 7.52. The molecule has 0 N–H and O–H groups in total. The smallest absolute Gasteiger partial charge is 0.235 e. The van der Waals surface area contributed by atoms with Crippen LogP contribution in [0.2, 0.25) is 0 Å². The van der Waals surface area contributed by atoms with Gasteiger partial charge in [0.1, 0.15) is 0 Å². The topological polar surface area (TPSA) is 30.7 Å². The fraction of sp³-hybridized carbons (Fsp3) is 0. The minimum atomic E-state index is 0.693. The van der Waals surface area contributed by atoms with Crippen molar-refractivity contribution < 1.29 is 0 Å². The van der Waals surface area contributed by atoms with E-state index in [1.54, 1.807) is 0 Å². The van der Waals surface area contributed by atoms with Crippen LogP contribution in [0.5, 0.6) is 0 Å². The molecule has 0 aliphatic rings. The molecule has 0 saturated heterocycles. The van der Waals surface area contributed by atoms with Crippen molar-refractivity contribution in [3.8, 4) is 17.1 Å². The quantitative estimate of drug-likeness (QED) is 0.224. The average molecular weight is 528 g/mol.